The molecule has 0 aliphatic rings. The van der Waals surface area contributed by atoms with Gasteiger partial charge < -0.3 is 10.6 Å². The van der Waals surface area contributed by atoms with E-state index in [0.29, 0.717) is 6.54 Å². The Balaban J connectivity index is 3.89. The van der Waals surface area contributed by atoms with E-state index >= 15 is 0 Å². The van der Waals surface area contributed by atoms with Gasteiger partial charge in [0.05, 0.1) is 11.5 Å². The molecule has 0 saturated carbocycles. The van der Waals surface area contributed by atoms with Gasteiger partial charge in [0, 0.05) is 12.6 Å². The maximum Gasteiger partial charge on any atom is 0.153 e. The molecular weight excluding hydrogens is 176 g/mol. The zero-order valence-corrected chi connectivity index (χ0v) is 8.76. The van der Waals surface area contributed by atoms with Gasteiger partial charge in [-0.1, -0.05) is 0 Å². The Kier molecular flexibility index (Phi) is 4.74. The molecule has 1 atom stereocenters. The fraction of sp³-hybridized carbons (Fsp3) is 1.00. The summed E-state index contributed by atoms with van der Waals surface area (Å²) < 4.78 is 22.5. The van der Waals surface area contributed by atoms with Gasteiger partial charge in [0.25, 0.3) is 0 Å². The van der Waals surface area contributed by atoms with Crippen molar-refractivity contribution in [3.8, 4) is 0 Å². The third-order valence-corrected chi connectivity index (χ3v) is 3.20. The van der Waals surface area contributed by atoms with Crippen LogP contribution in [0.15, 0.2) is 0 Å². The average molecular weight is 194 g/mol. The Bertz CT molecular complexity index is 209. The molecule has 0 aliphatic heterocycles. The van der Waals surface area contributed by atoms with Crippen LogP contribution >= 0.6 is 0 Å². The lowest BCUT2D eigenvalue weighted by Crippen LogP contribution is -2.31. The Morgan fingerprint density at radius 3 is 2.25 bits per heavy atom. The quantitative estimate of drug-likeness (QED) is 0.629. The summed E-state index contributed by atoms with van der Waals surface area (Å²) in [6.07, 6.45) is 0. The van der Waals surface area contributed by atoms with Crippen LogP contribution in [0.25, 0.3) is 0 Å². The van der Waals surface area contributed by atoms with E-state index < -0.39 is 9.84 Å². The molecule has 0 aromatic carbocycles. The smallest absolute Gasteiger partial charge is 0.153 e. The van der Waals surface area contributed by atoms with Crippen molar-refractivity contribution in [1.82, 2.24) is 4.90 Å². The lowest BCUT2D eigenvalue weighted by molar-refractivity contribution is 0.432. The minimum atomic E-state index is -2.94. The van der Waals surface area contributed by atoms with Crippen molar-refractivity contribution < 1.29 is 8.42 Å². The summed E-state index contributed by atoms with van der Waals surface area (Å²) in [7, 11) is 0.755. The lowest BCUT2D eigenvalue weighted by Gasteiger charge is -2.10. The molecule has 0 bridgehead atoms. The summed E-state index contributed by atoms with van der Waals surface area (Å²) in [4.78, 5) is 1.85. The van der Waals surface area contributed by atoms with Gasteiger partial charge >= 0.3 is 0 Å². The van der Waals surface area contributed by atoms with Gasteiger partial charge in [-0.05, 0) is 21.0 Å². The summed E-state index contributed by atoms with van der Waals surface area (Å²) >= 11 is 0. The van der Waals surface area contributed by atoms with Crippen LogP contribution in [0.1, 0.15) is 6.92 Å². The molecule has 0 aromatic rings. The van der Waals surface area contributed by atoms with E-state index in [1.54, 1.807) is 6.92 Å². The van der Waals surface area contributed by atoms with Crippen LogP contribution in [0, 0.1) is 0 Å². The monoisotopic (exact) mass is 194 g/mol. The molecule has 0 amide bonds. The van der Waals surface area contributed by atoms with E-state index in [9.17, 15) is 8.42 Å². The topological polar surface area (TPSA) is 63.4 Å². The van der Waals surface area contributed by atoms with Crippen LogP contribution in [0.2, 0.25) is 0 Å². The summed E-state index contributed by atoms with van der Waals surface area (Å²) in [6, 6.07) is -0.267. The standard InChI is InChI=1S/C7H18N2O2S/c1-7(8)6-12(10,11)5-4-9(2)3/h7H,4-6,8H2,1-3H3. The van der Waals surface area contributed by atoms with Gasteiger partial charge in [-0.3, -0.25) is 0 Å². The molecule has 0 aliphatic carbocycles. The largest absolute Gasteiger partial charge is 0.327 e. The number of hydrogen-bond acceptors (Lipinski definition) is 4. The van der Waals surface area contributed by atoms with Crippen LogP contribution in [0.4, 0.5) is 0 Å². The van der Waals surface area contributed by atoms with Crippen LogP contribution in [-0.2, 0) is 9.84 Å². The van der Waals surface area contributed by atoms with Crippen molar-refractivity contribution in [3.05, 3.63) is 0 Å². The molecule has 0 aromatic heterocycles. The molecule has 0 rings (SSSR count). The summed E-state index contributed by atoms with van der Waals surface area (Å²) in [5.74, 6) is 0.280. The van der Waals surface area contributed by atoms with Gasteiger partial charge in [-0.2, -0.15) is 0 Å². The number of rotatable bonds is 5. The lowest BCUT2D eigenvalue weighted by atomic mass is 10.4. The Morgan fingerprint density at radius 1 is 1.42 bits per heavy atom. The summed E-state index contributed by atoms with van der Waals surface area (Å²) in [6.45, 7) is 2.27. The maximum atomic E-state index is 11.2. The fourth-order valence-corrected chi connectivity index (χ4v) is 2.42. The molecule has 0 radical (unpaired) electrons. The van der Waals surface area contributed by atoms with Crippen molar-refractivity contribution >= 4 is 9.84 Å². The van der Waals surface area contributed by atoms with Crippen molar-refractivity contribution in [2.75, 3.05) is 32.1 Å². The molecule has 0 spiro atoms. The third kappa shape index (κ3) is 6.57. The van der Waals surface area contributed by atoms with Crippen molar-refractivity contribution in [2.24, 2.45) is 5.73 Å². The molecule has 0 heterocycles. The fourth-order valence-electron chi connectivity index (χ4n) is 0.806. The second kappa shape index (κ2) is 4.79. The highest BCUT2D eigenvalue weighted by atomic mass is 32.2. The number of sulfone groups is 1. The van der Waals surface area contributed by atoms with Crippen molar-refractivity contribution in [2.45, 2.75) is 13.0 Å². The zero-order valence-electron chi connectivity index (χ0n) is 7.95. The van der Waals surface area contributed by atoms with Gasteiger partial charge in [0.1, 0.15) is 0 Å². The van der Waals surface area contributed by atoms with E-state index in [-0.39, 0.29) is 17.5 Å². The molecule has 0 saturated heterocycles. The predicted octanol–water partition coefficient (Wildman–Crippen LogP) is -0.690. The minimum absolute atomic E-state index is 0.0842. The first kappa shape index (κ1) is 11.9. The second-order valence-electron chi connectivity index (χ2n) is 3.39. The second-order valence-corrected chi connectivity index (χ2v) is 5.62. The average Bonchev–Trinajstić information content (AvgIpc) is 1.81. The van der Waals surface area contributed by atoms with E-state index in [2.05, 4.69) is 0 Å². The van der Waals surface area contributed by atoms with E-state index in [1.165, 1.54) is 0 Å². The molecule has 0 fully saturated rings. The first-order valence-electron chi connectivity index (χ1n) is 3.94. The molecule has 5 heteroatoms. The minimum Gasteiger partial charge on any atom is -0.327 e. The number of nitrogens with two attached hydrogens (primary N) is 1. The third-order valence-electron chi connectivity index (χ3n) is 1.37. The first-order chi connectivity index (χ1) is 5.33. The normalized spacial score (nSPS) is 15.1. The van der Waals surface area contributed by atoms with Gasteiger partial charge in [-0.15, -0.1) is 0 Å². The Morgan fingerprint density at radius 2 is 1.92 bits per heavy atom. The van der Waals surface area contributed by atoms with E-state index in [0.717, 1.165) is 0 Å². The van der Waals surface area contributed by atoms with Crippen molar-refractivity contribution in [1.29, 1.82) is 0 Å². The van der Waals surface area contributed by atoms with Gasteiger partial charge in [0.15, 0.2) is 9.84 Å². The van der Waals surface area contributed by atoms with Crippen LogP contribution in [-0.4, -0.2) is 51.5 Å². The van der Waals surface area contributed by atoms with Crippen LogP contribution in [0.5, 0.6) is 0 Å². The Labute approximate surface area is 74.7 Å². The van der Waals surface area contributed by atoms with Gasteiger partial charge in [-0.25, -0.2) is 8.42 Å². The Hall–Kier alpha value is -0.130. The SMILES string of the molecule is CC(N)CS(=O)(=O)CCN(C)C. The molecule has 1 unspecified atom stereocenters. The molecule has 2 N–H and O–H groups in total. The van der Waals surface area contributed by atoms with Gasteiger partial charge in [0.2, 0.25) is 0 Å². The first-order valence-corrected chi connectivity index (χ1v) is 5.76. The summed E-state index contributed by atoms with van der Waals surface area (Å²) in [5.41, 5.74) is 5.39. The molecular formula is C7H18N2O2S. The van der Waals surface area contributed by atoms with E-state index in [1.807, 2.05) is 19.0 Å². The maximum absolute atomic E-state index is 11.2. The number of hydrogen-bond donors (Lipinski definition) is 1. The molecule has 12 heavy (non-hydrogen) atoms. The van der Waals surface area contributed by atoms with E-state index in [4.69, 9.17) is 5.73 Å². The van der Waals surface area contributed by atoms with Crippen LogP contribution in [0.3, 0.4) is 0 Å². The molecule has 74 valence electrons. The molecule has 4 nitrogen and oxygen atoms in total. The highest BCUT2D eigenvalue weighted by Crippen LogP contribution is 1.93. The predicted molar refractivity (Wildman–Crippen MR) is 50.9 cm³/mol. The highest BCUT2D eigenvalue weighted by Gasteiger charge is 2.12. The van der Waals surface area contributed by atoms with Crippen LogP contribution < -0.4 is 5.73 Å². The van der Waals surface area contributed by atoms with Crippen molar-refractivity contribution in [3.63, 3.8) is 0 Å². The highest BCUT2D eigenvalue weighted by molar-refractivity contribution is 7.91. The number of nitrogens with zero attached hydrogens (tertiary/aromatic N) is 1. The summed E-state index contributed by atoms with van der Waals surface area (Å²) in [5, 5.41) is 0. The zero-order chi connectivity index (χ0) is 9.78.